The molecule has 0 aliphatic heterocycles. The van der Waals surface area contributed by atoms with Gasteiger partial charge in [-0.15, -0.1) is 0 Å². The molecule has 0 bridgehead atoms. The number of hydrogen-bond acceptors (Lipinski definition) is 5. The first kappa shape index (κ1) is 11.1. The fourth-order valence-corrected chi connectivity index (χ4v) is 1.71. The fourth-order valence-electron chi connectivity index (χ4n) is 1.50. The minimum Gasteiger partial charge on any atom is -0.361 e. The molecule has 1 heterocycles. The molecular weight excluding hydrogens is 232 g/mol. The van der Waals surface area contributed by atoms with Crippen molar-refractivity contribution in [3.63, 3.8) is 0 Å². The lowest BCUT2D eigenvalue weighted by atomic mass is 10.2. The maximum Gasteiger partial charge on any atom is 0.348 e. The van der Waals surface area contributed by atoms with Crippen molar-refractivity contribution in [1.82, 2.24) is 9.97 Å². The minimum absolute atomic E-state index is 0.138. The van der Waals surface area contributed by atoms with Crippen LogP contribution in [0.4, 0.5) is 11.5 Å². The summed E-state index contributed by atoms with van der Waals surface area (Å²) in [5, 5.41) is 13.7. The van der Waals surface area contributed by atoms with E-state index < -0.39 is 4.92 Å². The topological polar surface area (TPSA) is 81.0 Å². The molecule has 86 valence electrons. The van der Waals surface area contributed by atoms with Crippen molar-refractivity contribution in [2.45, 2.75) is 26.3 Å². The molecule has 1 saturated carbocycles. The zero-order valence-corrected chi connectivity index (χ0v) is 9.65. The Kier molecular flexibility index (Phi) is 2.46. The minimum atomic E-state index is -0.569. The maximum absolute atomic E-state index is 10.8. The van der Waals surface area contributed by atoms with Gasteiger partial charge in [0.15, 0.2) is 0 Å². The van der Waals surface area contributed by atoms with Crippen molar-refractivity contribution in [1.29, 1.82) is 0 Å². The average Bonchev–Trinajstić information content (AvgIpc) is 2.72. The van der Waals surface area contributed by atoms with Gasteiger partial charge in [-0.1, -0.05) is 25.4 Å². The summed E-state index contributed by atoms with van der Waals surface area (Å²) < 4.78 is 0. The molecule has 0 radical (unpaired) electrons. The molecule has 0 saturated heterocycles. The molecule has 0 spiro atoms. The van der Waals surface area contributed by atoms with Gasteiger partial charge in [-0.05, 0) is 11.8 Å². The van der Waals surface area contributed by atoms with E-state index in [1.807, 2.05) is 0 Å². The Bertz CT molecular complexity index is 449. The molecule has 2 rings (SSSR count). The van der Waals surface area contributed by atoms with E-state index in [9.17, 15) is 10.1 Å². The van der Waals surface area contributed by atoms with Crippen LogP contribution in [-0.4, -0.2) is 20.9 Å². The lowest BCUT2D eigenvalue weighted by Crippen LogP contribution is -2.12. The molecule has 6 nitrogen and oxygen atoms in total. The third kappa shape index (κ3) is 1.92. The van der Waals surface area contributed by atoms with E-state index in [1.54, 1.807) is 0 Å². The predicted octanol–water partition coefficient (Wildman–Crippen LogP) is 2.25. The normalized spacial score (nSPS) is 21.6. The summed E-state index contributed by atoms with van der Waals surface area (Å²) in [4.78, 5) is 17.7. The highest BCUT2D eigenvalue weighted by Crippen LogP contribution is 2.47. The lowest BCUT2D eigenvalue weighted by molar-refractivity contribution is -0.384. The Morgan fingerprint density at radius 2 is 2.25 bits per heavy atom. The monoisotopic (exact) mass is 242 g/mol. The fraction of sp³-hybridized carbons (Fsp3) is 0.556. The molecule has 0 amide bonds. The van der Waals surface area contributed by atoms with Crippen LogP contribution in [0.1, 0.15) is 20.3 Å². The largest absolute Gasteiger partial charge is 0.361 e. The first-order valence-corrected chi connectivity index (χ1v) is 5.21. The lowest BCUT2D eigenvalue weighted by Gasteiger charge is -2.07. The number of nitrogens with zero attached hydrogens (tertiary/aromatic N) is 3. The molecule has 1 N–H and O–H groups in total. The average molecular weight is 243 g/mol. The summed E-state index contributed by atoms with van der Waals surface area (Å²) >= 11 is 5.67. The molecule has 1 aromatic heterocycles. The van der Waals surface area contributed by atoms with Crippen molar-refractivity contribution < 1.29 is 4.92 Å². The molecule has 0 aromatic carbocycles. The van der Waals surface area contributed by atoms with E-state index in [0.29, 0.717) is 0 Å². The highest BCUT2D eigenvalue weighted by Gasteiger charge is 2.46. The smallest absolute Gasteiger partial charge is 0.348 e. The van der Waals surface area contributed by atoms with Gasteiger partial charge in [0, 0.05) is 6.04 Å². The zero-order valence-electron chi connectivity index (χ0n) is 8.90. The highest BCUT2D eigenvalue weighted by atomic mass is 35.5. The van der Waals surface area contributed by atoms with Gasteiger partial charge >= 0.3 is 5.69 Å². The van der Waals surface area contributed by atoms with Gasteiger partial charge < -0.3 is 5.32 Å². The number of anilines is 1. The second-order valence-corrected chi connectivity index (χ2v) is 4.87. The van der Waals surface area contributed by atoms with Gasteiger partial charge in [0.25, 0.3) is 0 Å². The van der Waals surface area contributed by atoms with Crippen LogP contribution in [0.25, 0.3) is 0 Å². The SMILES string of the molecule is CC1(C)CC1Nc1ncnc(Cl)c1[N+](=O)[O-]. The number of rotatable bonds is 3. The zero-order chi connectivity index (χ0) is 11.9. The Morgan fingerprint density at radius 1 is 1.62 bits per heavy atom. The van der Waals surface area contributed by atoms with Crippen molar-refractivity contribution in [2.75, 3.05) is 5.32 Å². The van der Waals surface area contributed by atoms with Crippen LogP contribution in [0.5, 0.6) is 0 Å². The van der Waals surface area contributed by atoms with Gasteiger partial charge in [0.2, 0.25) is 11.0 Å². The van der Waals surface area contributed by atoms with E-state index >= 15 is 0 Å². The second-order valence-electron chi connectivity index (χ2n) is 4.51. The van der Waals surface area contributed by atoms with Gasteiger partial charge in [0.1, 0.15) is 6.33 Å². The van der Waals surface area contributed by atoms with E-state index in [-0.39, 0.29) is 28.1 Å². The van der Waals surface area contributed by atoms with E-state index in [1.165, 1.54) is 6.33 Å². The number of nitrogens with one attached hydrogen (secondary N) is 1. The van der Waals surface area contributed by atoms with Crippen LogP contribution in [0.15, 0.2) is 6.33 Å². The summed E-state index contributed by atoms with van der Waals surface area (Å²) in [5.74, 6) is 0.195. The summed E-state index contributed by atoms with van der Waals surface area (Å²) in [7, 11) is 0. The number of nitro groups is 1. The van der Waals surface area contributed by atoms with Crippen LogP contribution in [-0.2, 0) is 0 Å². The molecule has 1 aliphatic rings. The molecule has 1 atom stereocenters. The van der Waals surface area contributed by atoms with Crippen LogP contribution >= 0.6 is 11.6 Å². The first-order valence-electron chi connectivity index (χ1n) is 4.83. The quantitative estimate of drug-likeness (QED) is 0.499. The number of hydrogen-bond donors (Lipinski definition) is 1. The summed E-state index contributed by atoms with van der Waals surface area (Å²) in [6.07, 6.45) is 2.18. The van der Waals surface area contributed by atoms with E-state index in [4.69, 9.17) is 11.6 Å². The van der Waals surface area contributed by atoms with Crippen molar-refractivity contribution in [3.8, 4) is 0 Å². The van der Waals surface area contributed by atoms with Gasteiger partial charge in [-0.3, -0.25) is 10.1 Å². The molecule has 1 aromatic rings. The van der Waals surface area contributed by atoms with E-state index in [0.717, 1.165) is 6.42 Å². The molecular formula is C9H11ClN4O2. The molecule has 1 aliphatic carbocycles. The predicted molar refractivity (Wildman–Crippen MR) is 59.5 cm³/mol. The van der Waals surface area contributed by atoms with Crippen LogP contribution in [0.2, 0.25) is 5.15 Å². The van der Waals surface area contributed by atoms with Crippen LogP contribution < -0.4 is 5.32 Å². The molecule has 7 heteroatoms. The highest BCUT2D eigenvalue weighted by molar-refractivity contribution is 6.31. The molecule has 1 fully saturated rings. The van der Waals surface area contributed by atoms with Crippen molar-refractivity contribution >= 4 is 23.1 Å². The third-order valence-electron chi connectivity index (χ3n) is 2.78. The van der Waals surface area contributed by atoms with Crippen LogP contribution in [0, 0.1) is 15.5 Å². The van der Waals surface area contributed by atoms with E-state index in [2.05, 4.69) is 29.1 Å². The Labute approximate surface area is 97.2 Å². The molecule has 1 unspecified atom stereocenters. The van der Waals surface area contributed by atoms with Crippen LogP contribution in [0.3, 0.4) is 0 Å². The Hall–Kier alpha value is -1.43. The summed E-state index contributed by atoms with van der Waals surface area (Å²) in [5.41, 5.74) is -0.0995. The number of aromatic nitrogens is 2. The summed E-state index contributed by atoms with van der Waals surface area (Å²) in [6.45, 7) is 4.17. The Morgan fingerprint density at radius 3 is 2.75 bits per heavy atom. The van der Waals surface area contributed by atoms with Crippen molar-refractivity contribution in [2.24, 2.45) is 5.41 Å². The third-order valence-corrected chi connectivity index (χ3v) is 3.06. The standard InChI is InChI=1S/C9H11ClN4O2/c1-9(2)3-5(9)13-8-6(14(15)16)7(10)11-4-12-8/h4-5H,3H2,1-2H3,(H,11,12,13). The van der Waals surface area contributed by atoms with Gasteiger partial charge in [0.05, 0.1) is 4.92 Å². The van der Waals surface area contributed by atoms with Gasteiger partial charge in [-0.2, -0.15) is 0 Å². The maximum atomic E-state index is 10.8. The second kappa shape index (κ2) is 3.55. The first-order chi connectivity index (χ1) is 7.42. The van der Waals surface area contributed by atoms with Crippen molar-refractivity contribution in [3.05, 3.63) is 21.6 Å². The Balaban J connectivity index is 2.27. The summed E-state index contributed by atoms with van der Waals surface area (Å²) in [6, 6.07) is 0.206. The van der Waals surface area contributed by atoms with Gasteiger partial charge in [-0.25, -0.2) is 9.97 Å². The molecule has 16 heavy (non-hydrogen) atoms. The number of halogens is 1.